The summed E-state index contributed by atoms with van der Waals surface area (Å²) in [7, 11) is -3.05. The fourth-order valence-electron chi connectivity index (χ4n) is 3.12. The Hall–Kier alpha value is -1.31. The van der Waals surface area contributed by atoms with E-state index < -0.39 is 15.8 Å². The van der Waals surface area contributed by atoms with Crippen LogP contribution in [0, 0.1) is 5.92 Å². The lowest BCUT2D eigenvalue weighted by molar-refractivity contribution is -0.138. The van der Waals surface area contributed by atoms with Crippen molar-refractivity contribution >= 4 is 21.8 Å². The number of hydrogen-bond donors (Lipinski definition) is 1. The van der Waals surface area contributed by atoms with Gasteiger partial charge in [-0.3, -0.25) is 4.79 Å². The second-order valence-electron chi connectivity index (χ2n) is 5.99. The second-order valence-corrected chi connectivity index (χ2v) is 8.22. The quantitative estimate of drug-likeness (QED) is 0.796. The van der Waals surface area contributed by atoms with Crippen LogP contribution in [0.4, 0.5) is 4.79 Å². The highest BCUT2D eigenvalue weighted by Gasteiger charge is 2.35. The van der Waals surface area contributed by atoms with E-state index in [1.54, 1.807) is 16.7 Å². The number of carbonyl (C=O) groups is 2. The molecule has 7 nitrogen and oxygen atoms in total. The SMILES string of the molecule is CC1CS(=O)(=O)CCN1C(=O)N1CCCC(CC(=O)O)C1. The van der Waals surface area contributed by atoms with Gasteiger partial charge in [-0.15, -0.1) is 0 Å². The van der Waals surface area contributed by atoms with Gasteiger partial charge >= 0.3 is 12.0 Å². The van der Waals surface area contributed by atoms with Crippen molar-refractivity contribution in [3.05, 3.63) is 0 Å². The van der Waals surface area contributed by atoms with Gasteiger partial charge in [0.25, 0.3) is 0 Å². The minimum Gasteiger partial charge on any atom is -0.481 e. The summed E-state index contributed by atoms with van der Waals surface area (Å²) in [6, 6.07) is -0.483. The minimum absolute atomic E-state index is 0.00509. The maximum atomic E-state index is 12.5. The molecule has 2 aliphatic heterocycles. The van der Waals surface area contributed by atoms with Crippen LogP contribution in [0.3, 0.4) is 0 Å². The summed E-state index contributed by atoms with van der Waals surface area (Å²) in [6.45, 7) is 3.03. The molecule has 0 spiro atoms. The number of nitrogens with zero attached hydrogens (tertiary/aromatic N) is 2. The number of carbonyl (C=O) groups excluding carboxylic acids is 1. The molecule has 0 bridgehead atoms. The Balaban J connectivity index is 1.98. The van der Waals surface area contributed by atoms with Crippen LogP contribution in [0.5, 0.6) is 0 Å². The molecule has 120 valence electrons. The summed E-state index contributed by atoms with van der Waals surface area (Å²) < 4.78 is 23.1. The maximum Gasteiger partial charge on any atom is 0.320 e. The predicted octanol–water partition coefficient (Wildman–Crippen LogP) is 0.412. The van der Waals surface area contributed by atoms with Gasteiger partial charge in [0.1, 0.15) is 0 Å². The lowest BCUT2D eigenvalue weighted by Crippen LogP contribution is -2.55. The Morgan fingerprint density at radius 3 is 2.62 bits per heavy atom. The van der Waals surface area contributed by atoms with E-state index in [9.17, 15) is 18.0 Å². The number of carboxylic acid groups (broad SMARTS) is 1. The topological polar surface area (TPSA) is 95.0 Å². The number of aliphatic carboxylic acids is 1. The maximum absolute atomic E-state index is 12.5. The van der Waals surface area contributed by atoms with E-state index in [-0.39, 0.29) is 42.5 Å². The molecule has 2 unspecified atom stereocenters. The van der Waals surface area contributed by atoms with Gasteiger partial charge in [0.15, 0.2) is 9.84 Å². The van der Waals surface area contributed by atoms with Crippen molar-refractivity contribution in [2.45, 2.75) is 32.2 Å². The monoisotopic (exact) mass is 318 g/mol. The molecule has 2 heterocycles. The van der Waals surface area contributed by atoms with E-state index in [4.69, 9.17) is 5.11 Å². The molecule has 0 saturated carbocycles. The van der Waals surface area contributed by atoms with Gasteiger partial charge in [-0.1, -0.05) is 0 Å². The first-order chi connectivity index (χ1) is 9.78. The van der Waals surface area contributed by atoms with Gasteiger partial charge in [0, 0.05) is 32.1 Å². The van der Waals surface area contributed by atoms with Crippen LogP contribution in [-0.4, -0.2) is 72.5 Å². The van der Waals surface area contributed by atoms with Crippen molar-refractivity contribution in [2.24, 2.45) is 5.92 Å². The molecule has 1 N–H and O–H groups in total. The van der Waals surface area contributed by atoms with Crippen molar-refractivity contribution < 1.29 is 23.1 Å². The third-order valence-corrected chi connectivity index (χ3v) is 5.96. The molecule has 0 aromatic rings. The highest BCUT2D eigenvalue weighted by molar-refractivity contribution is 7.91. The average molecular weight is 318 g/mol. The molecule has 0 aliphatic carbocycles. The molecular weight excluding hydrogens is 296 g/mol. The minimum atomic E-state index is -3.05. The summed E-state index contributed by atoms with van der Waals surface area (Å²) >= 11 is 0. The summed E-state index contributed by atoms with van der Waals surface area (Å²) in [6.07, 6.45) is 1.69. The lowest BCUT2D eigenvalue weighted by atomic mass is 9.95. The van der Waals surface area contributed by atoms with Crippen molar-refractivity contribution in [3.63, 3.8) is 0 Å². The molecule has 8 heteroatoms. The van der Waals surface area contributed by atoms with Crippen LogP contribution in [0.25, 0.3) is 0 Å². The molecule has 2 rings (SSSR count). The third kappa shape index (κ3) is 4.09. The van der Waals surface area contributed by atoms with Crippen molar-refractivity contribution in [1.82, 2.24) is 9.80 Å². The van der Waals surface area contributed by atoms with Crippen LogP contribution in [0.2, 0.25) is 0 Å². The largest absolute Gasteiger partial charge is 0.481 e. The van der Waals surface area contributed by atoms with E-state index in [1.165, 1.54) is 0 Å². The molecule has 0 radical (unpaired) electrons. The molecule has 0 aromatic heterocycles. The highest BCUT2D eigenvalue weighted by Crippen LogP contribution is 2.22. The van der Waals surface area contributed by atoms with E-state index in [2.05, 4.69) is 0 Å². The van der Waals surface area contributed by atoms with E-state index in [1.807, 2.05) is 0 Å². The number of amides is 2. The van der Waals surface area contributed by atoms with Crippen molar-refractivity contribution in [3.8, 4) is 0 Å². The first kappa shape index (κ1) is 16.1. The smallest absolute Gasteiger partial charge is 0.320 e. The Kier molecular flexibility index (Phi) is 4.75. The number of likely N-dealkylation sites (tertiary alicyclic amines) is 1. The normalized spacial score (nSPS) is 29.2. The Morgan fingerprint density at radius 1 is 1.29 bits per heavy atom. The van der Waals surface area contributed by atoms with E-state index in [0.29, 0.717) is 13.1 Å². The molecule has 2 atom stereocenters. The van der Waals surface area contributed by atoms with Crippen LogP contribution in [-0.2, 0) is 14.6 Å². The molecule has 2 fully saturated rings. The van der Waals surface area contributed by atoms with Crippen LogP contribution >= 0.6 is 0 Å². The predicted molar refractivity (Wildman–Crippen MR) is 76.8 cm³/mol. The summed E-state index contributed by atoms with van der Waals surface area (Å²) in [5.41, 5.74) is 0. The Morgan fingerprint density at radius 2 is 2.00 bits per heavy atom. The van der Waals surface area contributed by atoms with Gasteiger partial charge in [-0.2, -0.15) is 0 Å². The third-order valence-electron chi connectivity index (χ3n) is 4.17. The number of carboxylic acids is 1. The second kappa shape index (κ2) is 6.21. The van der Waals surface area contributed by atoms with Crippen LogP contribution < -0.4 is 0 Å². The van der Waals surface area contributed by atoms with Gasteiger partial charge in [-0.25, -0.2) is 13.2 Å². The zero-order valence-corrected chi connectivity index (χ0v) is 13.0. The van der Waals surface area contributed by atoms with E-state index in [0.717, 1.165) is 12.8 Å². The van der Waals surface area contributed by atoms with Crippen LogP contribution in [0.15, 0.2) is 0 Å². The van der Waals surface area contributed by atoms with E-state index >= 15 is 0 Å². The Labute approximate surface area is 124 Å². The van der Waals surface area contributed by atoms with Gasteiger partial charge in [0.2, 0.25) is 0 Å². The number of hydrogen-bond acceptors (Lipinski definition) is 4. The van der Waals surface area contributed by atoms with Crippen molar-refractivity contribution in [1.29, 1.82) is 0 Å². The first-order valence-electron chi connectivity index (χ1n) is 7.26. The number of piperidine rings is 1. The average Bonchev–Trinajstić information content (AvgIpc) is 2.36. The lowest BCUT2D eigenvalue weighted by Gasteiger charge is -2.40. The number of sulfone groups is 1. The van der Waals surface area contributed by atoms with Gasteiger partial charge < -0.3 is 14.9 Å². The first-order valence-corrected chi connectivity index (χ1v) is 9.08. The van der Waals surface area contributed by atoms with Gasteiger partial charge in [0.05, 0.1) is 11.5 Å². The summed E-state index contributed by atoms with van der Waals surface area (Å²) in [5, 5.41) is 8.86. The molecule has 21 heavy (non-hydrogen) atoms. The number of rotatable bonds is 2. The fraction of sp³-hybridized carbons (Fsp3) is 0.846. The fourth-order valence-corrected chi connectivity index (χ4v) is 4.67. The molecule has 2 aliphatic rings. The zero-order valence-electron chi connectivity index (χ0n) is 12.2. The van der Waals surface area contributed by atoms with Gasteiger partial charge in [-0.05, 0) is 25.7 Å². The highest BCUT2D eigenvalue weighted by atomic mass is 32.2. The molecule has 0 aromatic carbocycles. The molecule has 2 saturated heterocycles. The standard InChI is InChI=1S/C13H22N2O5S/c1-10-9-21(19,20)6-5-15(10)13(18)14-4-2-3-11(8-14)7-12(16)17/h10-11H,2-9H2,1H3,(H,16,17). The summed E-state index contributed by atoms with van der Waals surface area (Å²) in [4.78, 5) is 26.6. The molecular formula is C13H22N2O5S. The summed E-state index contributed by atoms with van der Waals surface area (Å²) in [5.74, 6) is -0.837. The Bertz CT molecular complexity index is 519. The molecule has 2 amide bonds. The zero-order chi connectivity index (χ0) is 15.6. The van der Waals surface area contributed by atoms with Crippen molar-refractivity contribution in [2.75, 3.05) is 31.1 Å². The number of urea groups is 1. The van der Waals surface area contributed by atoms with Crippen LogP contribution in [0.1, 0.15) is 26.2 Å².